The van der Waals surface area contributed by atoms with E-state index in [0.29, 0.717) is 24.4 Å². The zero-order valence-corrected chi connectivity index (χ0v) is 15.0. The molecule has 0 aromatic carbocycles. The summed E-state index contributed by atoms with van der Waals surface area (Å²) in [4.78, 5) is 41.3. The lowest BCUT2D eigenvalue weighted by atomic mass is 9.75. The highest BCUT2D eigenvalue weighted by Crippen LogP contribution is 2.34. The van der Waals surface area contributed by atoms with Gasteiger partial charge in [-0.15, -0.1) is 0 Å². The molecule has 1 amide bonds. The summed E-state index contributed by atoms with van der Waals surface area (Å²) < 4.78 is 1.29. The Hall–Kier alpha value is -2.70. The Morgan fingerprint density at radius 2 is 2.08 bits per heavy atom. The van der Waals surface area contributed by atoms with Gasteiger partial charge in [-0.1, -0.05) is 13.3 Å². The molecule has 7 nitrogen and oxygen atoms in total. The number of amides is 1. The summed E-state index contributed by atoms with van der Waals surface area (Å²) in [5.41, 5.74) is -0.573. The zero-order valence-electron chi connectivity index (χ0n) is 15.0. The van der Waals surface area contributed by atoms with E-state index in [-0.39, 0.29) is 5.56 Å². The fourth-order valence-electron chi connectivity index (χ4n) is 3.59. The molecule has 0 atom stereocenters. The van der Waals surface area contributed by atoms with Crippen molar-refractivity contribution in [1.29, 1.82) is 0 Å². The molecule has 0 saturated heterocycles. The van der Waals surface area contributed by atoms with Crippen LogP contribution in [0.1, 0.15) is 54.9 Å². The summed E-state index contributed by atoms with van der Waals surface area (Å²) in [6.07, 6.45) is 6.02. The number of aliphatic carboxylic acids is 1. The number of carboxylic acids is 1. The van der Waals surface area contributed by atoms with Gasteiger partial charge >= 0.3 is 5.97 Å². The SMILES string of the molecule is CCC1CCC(NC(=O)c2cnc3cc(C)ccn3c2=O)(C(=O)O)CC1. The molecule has 0 spiro atoms. The van der Waals surface area contributed by atoms with Gasteiger partial charge in [-0.25, -0.2) is 9.78 Å². The van der Waals surface area contributed by atoms with E-state index in [1.807, 2.05) is 6.92 Å². The number of nitrogens with one attached hydrogen (secondary N) is 1. The van der Waals surface area contributed by atoms with Crippen molar-refractivity contribution in [1.82, 2.24) is 14.7 Å². The summed E-state index contributed by atoms with van der Waals surface area (Å²) in [5.74, 6) is -1.25. The van der Waals surface area contributed by atoms with Gasteiger partial charge in [-0.2, -0.15) is 0 Å². The Morgan fingerprint density at radius 1 is 1.38 bits per heavy atom. The topological polar surface area (TPSA) is 101 Å². The molecule has 1 fully saturated rings. The van der Waals surface area contributed by atoms with Crippen LogP contribution in [-0.4, -0.2) is 31.9 Å². The van der Waals surface area contributed by atoms with Crippen LogP contribution in [-0.2, 0) is 4.79 Å². The Labute approximate surface area is 151 Å². The second-order valence-electron chi connectivity index (χ2n) is 7.10. The predicted molar refractivity (Wildman–Crippen MR) is 96.3 cm³/mol. The normalized spacial score (nSPS) is 22.9. The Balaban J connectivity index is 1.90. The molecule has 2 aromatic rings. The lowest BCUT2D eigenvalue weighted by Crippen LogP contribution is -2.57. The maximum atomic E-state index is 12.7. The molecule has 0 bridgehead atoms. The number of carboxylic acid groups (broad SMARTS) is 1. The molecular formula is C19H23N3O4. The van der Waals surface area contributed by atoms with Gasteiger partial charge in [0, 0.05) is 12.4 Å². The van der Waals surface area contributed by atoms with E-state index in [4.69, 9.17) is 0 Å². The third kappa shape index (κ3) is 3.21. The van der Waals surface area contributed by atoms with E-state index >= 15 is 0 Å². The molecule has 26 heavy (non-hydrogen) atoms. The molecule has 0 aliphatic heterocycles. The molecule has 7 heteroatoms. The lowest BCUT2D eigenvalue weighted by Gasteiger charge is -2.37. The number of hydrogen-bond donors (Lipinski definition) is 2. The maximum absolute atomic E-state index is 12.7. The molecule has 3 rings (SSSR count). The maximum Gasteiger partial charge on any atom is 0.329 e. The molecule has 2 aromatic heterocycles. The van der Waals surface area contributed by atoms with E-state index in [2.05, 4.69) is 17.2 Å². The smallest absolute Gasteiger partial charge is 0.329 e. The van der Waals surface area contributed by atoms with E-state index in [1.54, 1.807) is 18.3 Å². The van der Waals surface area contributed by atoms with Gasteiger partial charge in [0.2, 0.25) is 0 Å². The number of carbonyl (C=O) groups is 2. The van der Waals surface area contributed by atoms with E-state index in [0.717, 1.165) is 24.8 Å². The van der Waals surface area contributed by atoms with Crippen LogP contribution in [0.2, 0.25) is 0 Å². The van der Waals surface area contributed by atoms with Crippen molar-refractivity contribution >= 4 is 17.5 Å². The largest absolute Gasteiger partial charge is 0.480 e. The van der Waals surface area contributed by atoms with Crippen molar-refractivity contribution in [2.24, 2.45) is 5.92 Å². The highest BCUT2D eigenvalue weighted by molar-refractivity contribution is 5.97. The summed E-state index contributed by atoms with van der Waals surface area (Å²) in [7, 11) is 0. The average molecular weight is 357 g/mol. The standard InChI is InChI=1S/C19H23N3O4/c1-3-13-4-7-19(8-5-13,18(25)26)21-16(23)14-11-20-15-10-12(2)6-9-22(15)17(14)24/h6,9-11,13H,3-5,7-8H2,1-2H3,(H,21,23)(H,25,26). The number of carbonyl (C=O) groups excluding carboxylic acids is 1. The molecule has 0 unspecified atom stereocenters. The summed E-state index contributed by atoms with van der Waals surface area (Å²) >= 11 is 0. The van der Waals surface area contributed by atoms with Crippen molar-refractivity contribution < 1.29 is 14.7 Å². The number of hydrogen-bond acceptors (Lipinski definition) is 4. The van der Waals surface area contributed by atoms with Crippen molar-refractivity contribution in [2.75, 3.05) is 0 Å². The molecular weight excluding hydrogens is 334 g/mol. The monoisotopic (exact) mass is 357 g/mol. The minimum atomic E-state index is -1.32. The number of nitrogens with zero attached hydrogens (tertiary/aromatic N) is 2. The first-order chi connectivity index (χ1) is 12.4. The Bertz CT molecular complexity index is 911. The van der Waals surface area contributed by atoms with Crippen LogP contribution in [0.25, 0.3) is 5.65 Å². The number of aryl methyl sites for hydroxylation is 1. The van der Waals surface area contributed by atoms with Gasteiger partial charge < -0.3 is 10.4 Å². The van der Waals surface area contributed by atoms with Crippen molar-refractivity contribution in [3.63, 3.8) is 0 Å². The summed E-state index contributed by atoms with van der Waals surface area (Å²) in [5, 5.41) is 12.3. The Morgan fingerprint density at radius 3 is 2.69 bits per heavy atom. The fourth-order valence-corrected chi connectivity index (χ4v) is 3.59. The minimum Gasteiger partial charge on any atom is -0.480 e. The first-order valence-corrected chi connectivity index (χ1v) is 8.90. The average Bonchev–Trinajstić information content (AvgIpc) is 2.62. The highest BCUT2D eigenvalue weighted by Gasteiger charge is 2.43. The third-order valence-electron chi connectivity index (χ3n) is 5.41. The summed E-state index contributed by atoms with van der Waals surface area (Å²) in [6, 6.07) is 3.50. The van der Waals surface area contributed by atoms with Crippen LogP contribution in [0.4, 0.5) is 0 Å². The van der Waals surface area contributed by atoms with E-state index in [1.165, 1.54) is 10.6 Å². The predicted octanol–water partition coefficient (Wildman–Crippen LogP) is 2.16. The van der Waals surface area contributed by atoms with Gasteiger partial charge in [0.15, 0.2) is 0 Å². The quantitative estimate of drug-likeness (QED) is 0.873. The molecule has 138 valence electrons. The van der Waals surface area contributed by atoms with Crippen LogP contribution in [0.15, 0.2) is 29.3 Å². The van der Waals surface area contributed by atoms with Crippen molar-refractivity contribution in [3.8, 4) is 0 Å². The van der Waals surface area contributed by atoms with Gasteiger partial charge in [-0.3, -0.25) is 14.0 Å². The van der Waals surface area contributed by atoms with E-state index < -0.39 is 23.0 Å². The molecule has 1 aliphatic carbocycles. The van der Waals surface area contributed by atoms with Crippen LogP contribution in [0, 0.1) is 12.8 Å². The number of rotatable bonds is 4. The van der Waals surface area contributed by atoms with Gasteiger partial charge in [0.05, 0.1) is 0 Å². The highest BCUT2D eigenvalue weighted by atomic mass is 16.4. The molecule has 2 heterocycles. The molecule has 1 saturated carbocycles. The minimum absolute atomic E-state index is 0.149. The first-order valence-electron chi connectivity index (χ1n) is 8.90. The number of pyridine rings is 1. The van der Waals surface area contributed by atoms with Gasteiger partial charge in [0.25, 0.3) is 11.5 Å². The van der Waals surface area contributed by atoms with Crippen LogP contribution in [0.5, 0.6) is 0 Å². The second-order valence-corrected chi connectivity index (χ2v) is 7.10. The second kappa shape index (κ2) is 6.90. The molecule has 2 N–H and O–H groups in total. The van der Waals surface area contributed by atoms with Crippen molar-refractivity contribution in [3.05, 3.63) is 46.0 Å². The van der Waals surface area contributed by atoms with E-state index in [9.17, 15) is 19.5 Å². The molecule has 1 aliphatic rings. The zero-order chi connectivity index (χ0) is 18.9. The fraction of sp³-hybridized carbons (Fsp3) is 0.474. The molecule has 0 radical (unpaired) electrons. The number of aromatic nitrogens is 2. The van der Waals surface area contributed by atoms with Crippen LogP contribution >= 0.6 is 0 Å². The van der Waals surface area contributed by atoms with Crippen LogP contribution < -0.4 is 10.9 Å². The third-order valence-corrected chi connectivity index (χ3v) is 5.41. The van der Waals surface area contributed by atoms with Gasteiger partial charge in [0.1, 0.15) is 16.7 Å². The number of fused-ring (bicyclic) bond motifs is 1. The first kappa shape index (κ1) is 18.1. The van der Waals surface area contributed by atoms with Crippen molar-refractivity contribution in [2.45, 2.75) is 51.5 Å². The summed E-state index contributed by atoms with van der Waals surface area (Å²) in [6.45, 7) is 3.97. The lowest BCUT2D eigenvalue weighted by molar-refractivity contribution is -0.146. The van der Waals surface area contributed by atoms with Crippen LogP contribution in [0.3, 0.4) is 0 Å². The van der Waals surface area contributed by atoms with Gasteiger partial charge in [-0.05, 0) is 56.2 Å². The Kier molecular flexibility index (Phi) is 4.80.